The van der Waals surface area contributed by atoms with Gasteiger partial charge < -0.3 is 15.3 Å². The Labute approximate surface area is 137 Å². The minimum atomic E-state index is -0.618. The lowest BCUT2D eigenvalue weighted by Gasteiger charge is -2.35. The molecule has 1 unspecified atom stereocenters. The Kier molecular flexibility index (Phi) is 6.23. The molecule has 2 N–H and O–H groups in total. The fraction of sp³-hybridized carbons (Fsp3) is 0.625. The topological polar surface area (TPSA) is 35.5 Å². The first-order valence-electron chi connectivity index (χ1n) is 7.45. The highest BCUT2D eigenvalue weighted by atomic mass is 35.5. The average molecular weight is 329 g/mol. The molecule has 3 nitrogen and oxygen atoms in total. The molecule has 2 rings (SSSR count). The molecule has 1 aromatic carbocycles. The number of thioether (sulfide) groups is 1. The van der Waals surface area contributed by atoms with Crippen molar-refractivity contribution >= 4 is 29.1 Å². The monoisotopic (exact) mass is 328 g/mol. The number of halogens is 1. The van der Waals surface area contributed by atoms with Crippen molar-refractivity contribution in [1.29, 1.82) is 0 Å². The lowest BCUT2D eigenvalue weighted by molar-refractivity contribution is 0.0802. The molecule has 0 bridgehead atoms. The minimum Gasteiger partial charge on any atom is -0.388 e. The molecule has 1 atom stereocenters. The molecule has 0 amide bonds. The number of hydrogen-bond acceptors (Lipinski definition) is 4. The van der Waals surface area contributed by atoms with Gasteiger partial charge in [-0.15, -0.1) is 0 Å². The van der Waals surface area contributed by atoms with E-state index in [9.17, 15) is 5.11 Å². The molecule has 1 heterocycles. The van der Waals surface area contributed by atoms with Gasteiger partial charge in [-0.05, 0) is 50.3 Å². The van der Waals surface area contributed by atoms with Crippen molar-refractivity contribution in [2.75, 3.05) is 36.5 Å². The number of nitrogens with one attached hydrogen (secondary N) is 1. The third-order valence-corrected chi connectivity index (χ3v) is 5.08. The van der Waals surface area contributed by atoms with Crippen LogP contribution in [0.5, 0.6) is 0 Å². The largest absolute Gasteiger partial charge is 0.388 e. The van der Waals surface area contributed by atoms with E-state index >= 15 is 0 Å². The quantitative estimate of drug-likeness (QED) is 0.841. The van der Waals surface area contributed by atoms with Crippen molar-refractivity contribution < 1.29 is 5.11 Å². The van der Waals surface area contributed by atoms with Gasteiger partial charge in [-0.1, -0.05) is 11.6 Å². The second kappa shape index (κ2) is 7.73. The Hall–Kier alpha value is -0.420. The molecular formula is C16H25ClN2OS. The summed E-state index contributed by atoms with van der Waals surface area (Å²) in [5.74, 6) is 0.767. The Morgan fingerprint density at radius 3 is 2.52 bits per heavy atom. The van der Waals surface area contributed by atoms with Crippen LogP contribution in [0, 0.1) is 0 Å². The molecule has 0 aromatic heterocycles. The zero-order valence-corrected chi connectivity index (χ0v) is 14.4. The van der Waals surface area contributed by atoms with Gasteiger partial charge in [0.15, 0.2) is 0 Å². The normalized spacial score (nSPS) is 19.5. The number of hydrogen-bond donors (Lipinski definition) is 2. The Bertz CT molecular complexity index is 430. The number of aliphatic hydroxyl groups is 1. The highest BCUT2D eigenvalue weighted by Gasteiger charge is 2.24. The van der Waals surface area contributed by atoms with Crippen LogP contribution < -0.4 is 10.2 Å². The zero-order valence-electron chi connectivity index (χ0n) is 12.8. The third kappa shape index (κ3) is 5.37. The van der Waals surface area contributed by atoms with Gasteiger partial charge in [0.2, 0.25) is 0 Å². The van der Waals surface area contributed by atoms with E-state index in [4.69, 9.17) is 11.6 Å². The molecule has 21 heavy (non-hydrogen) atoms. The van der Waals surface area contributed by atoms with Crippen molar-refractivity contribution in [3.05, 3.63) is 29.3 Å². The van der Waals surface area contributed by atoms with E-state index in [1.54, 1.807) is 11.8 Å². The van der Waals surface area contributed by atoms with Crippen LogP contribution in [0.3, 0.4) is 0 Å². The van der Waals surface area contributed by atoms with Crippen LogP contribution in [0.1, 0.15) is 19.8 Å². The van der Waals surface area contributed by atoms with E-state index in [1.165, 1.54) is 5.69 Å². The van der Waals surface area contributed by atoms with Gasteiger partial charge in [0.25, 0.3) is 0 Å². The van der Waals surface area contributed by atoms with Crippen LogP contribution in [0.25, 0.3) is 0 Å². The molecule has 5 heteroatoms. The molecule has 1 aromatic rings. The molecule has 1 saturated heterocycles. The smallest absolute Gasteiger partial charge is 0.0833 e. The van der Waals surface area contributed by atoms with Crippen molar-refractivity contribution in [3.8, 4) is 0 Å². The Morgan fingerprint density at radius 1 is 1.33 bits per heavy atom. The van der Waals surface area contributed by atoms with Crippen LogP contribution in [0.15, 0.2) is 24.3 Å². The molecule has 1 aliphatic heterocycles. The molecule has 118 valence electrons. The summed E-state index contributed by atoms with van der Waals surface area (Å²) in [5, 5.41) is 14.5. The number of piperidine rings is 1. The second-order valence-electron chi connectivity index (χ2n) is 6.05. The standard InChI is InChI=1S/C16H25ClN2OS/c1-16(20,12-21-2)11-18-14-7-9-19(10-8-14)15-5-3-13(17)4-6-15/h3-6,14,18,20H,7-12H2,1-2H3. The van der Waals surface area contributed by atoms with Crippen molar-refractivity contribution in [2.45, 2.75) is 31.4 Å². The highest BCUT2D eigenvalue weighted by molar-refractivity contribution is 7.98. The predicted molar refractivity (Wildman–Crippen MR) is 93.7 cm³/mol. The van der Waals surface area contributed by atoms with E-state index in [0.717, 1.165) is 36.7 Å². The maximum atomic E-state index is 10.2. The highest BCUT2D eigenvalue weighted by Crippen LogP contribution is 2.22. The first-order chi connectivity index (χ1) is 10.00. The zero-order chi connectivity index (χ0) is 15.3. The van der Waals surface area contributed by atoms with E-state index in [0.29, 0.717) is 12.6 Å². The van der Waals surface area contributed by atoms with Gasteiger partial charge in [0.1, 0.15) is 0 Å². The van der Waals surface area contributed by atoms with Crippen LogP contribution >= 0.6 is 23.4 Å². The molecular weight excluding hydrogens is 304 g/mol. The van der Waals surface area contributed by atoms with Gasteiger partial charge in [0, 0.05) is 42.1 Å². The predicted octanol–water partition coefficient (Wildman–Crippen LogP) is 3.01. The maximum Gasteiger partial charge on any atom is 0.0833 e. The van der Waals surface area contributed by atoms with Crippen LogP contribution in [-0.4, -0.2) is 48.4 Å². The van der Waals surface area contributed by atoms with Gasteiger partial charge in [-0.2, -0.15) is 11.8 Å². The summed E-state index contributed by atoms with van der Waals surface area (Å²) in [7, 11) is 0. The number of benzene rings is 1. The van der Waals surface area contributed by atoms with E-state index in [-0.39, 0.29) is 0 Å². The van der Waals surface area contributed by atoms with Crippen LogP contribution in [-0.2, 0) is 0 Å². The van der Waals surface area contributed by atoms with Gasteiger partial charge in [-0.3, -0.25) is 0 Å². The van der Waals surface area contributed by atoms with Gasteiger partial charge >= 0.3 is 0 Å². The Morgan fingerprint density at radius 2 is 1.95 bits per heavy atom. The summed E-state index contributed by atoms with van der Waals surface area (Å²) in [6, 6.07) is 8.56. The van der Waals surface area contributed by atoms with E-state index in [2.05, 4.69) is 22.3 Å². The summed E-state index contributed by atoms with van der Waals surface area (Å²) in [6.07, 6.45) is 4.25. The van der Waals surface area contributed by atoms with E-state index < -0.39 is 5.60 Å². The van der Waals surface area contributed by atoms with Crippen molar-refractivity contribution in [3.63, 3.8) is 0 Å². The maximum absolute atomic E-state index is 10.2. The van der Waals surface area contributed by atoms with Gasteiger partial charge in [-0.25, -0.2) is 0 Å². The summed E-state index contributed by atoms with van der Waals surface area (Å²) in [5.41, 5.74) is 0.624. The average Bonchev–Trinajstić information content (AvgIpc) is 2.47. The van der Waals surface area contributed by atoms with Crippen LogP contribution in [0.2, 0.25) is 5.02 Å². The lowest BCUT2D eigenvalue weighted by Crippen LogP contribution is -2.48. The fourth-order valence-electron chi connectivity index (χ4n) is 2.72. The third-order valence-electron chi connectivity index (χ3n) is 3.91. The Balaban J connectivity index is 1.77. The van der Waals surface area contributed by atoms with Gasteiger partial charge in [0.05, 0.1) is 5.60 Å². The lowest BCUT2D eigenvalue weighted by atomic mass is 10.0. The number of anilines is 1. The number of rotatable bonds is 6. The minimum absolute atomic E-state index is 0.502. The summed E-state index contributed by atoms with van der Waals surface area (Å²) in [6.45, 7) is 4.66. The van der Waals surface area contributed by atoms with Crippen LogP contribution in [0.4, 0.5) is 5.69 Å². The molecule has 0 saturated carbocycles. The number of nitrogens with zero attached hydrogens (tertiary/aromatic N) is 1. The first kappa shape index (κ1) is 16.9. The SMILES string of the molecule is CSCC(C)(O)CNC1CCN(c2ccc(Cl)cc2)CC1. The second-order valence-corrected chi connectivity index (χ2v) is 7.35. The van der Waals surface area contributed by atoms with Crippen molar-refractivity contribution in [1.82, 2.24) is 5.32 Å². The molecule has 1 aliphatic rings. The summed E-state index contributed by atoms with van der Waals surface area (Å²) >= 11 is 7.61. The summed E-state index contributed by atoms with van der Waals surface area (Å²) < 4.78 is 0. The van der Waals surface area contributed by atoms with Crippen molar-refractivity contribution in [2.24, 2.45) is 0 Å². The summed E-state index contributed by atoms with van der Waals surface area (Å²) in [4.78, 5) is 2.40. The molecule has 1 fully saturated rings. The first-order valence-corrected chi connectivity index (χ1v) is 9.22. The fourth-order valence-corrected chi connectivity index (χ4v) is 3.57. The molecule has 0 spiro atoms. The van der Waals surface area contributed by atoms with E-state index in [1.807, 2.05) is 25.3 Å². The molecule has 0 radical (unpaired) electrons. The molecule has 0 aliphatic carbocycles.